The van der Waals surface area contributed by atoms with E-state index < -0.39 is 0 Å². The number of Topliss-reactive ketones (excluding diaryl/α,β-unsaturated/α-hetero) is 1. The number of likely N-dealkylation sites (tertiary alicyclic amines) is 1. The molecule has 12 heavy (non-hydrogen) atoms. The zero-order valence-electron chi connectivity index (χ0n) is 7.59. The Kier molecular flexibility index (Phi) is 2.45. The van der Waals surface area contributed by atoms with Crippen molar-refractivity contribution in [3.8, 4) is 0 Å². The first-order chi connectivity index (χ1) is 5.86. The topological polar surface area (TPSA) is 20.3 Å². The fraction of sp³-hybridized carbons (Fsp3) is 0.900. The van der Waals surface area contributed by atoms with Crippen LogP contribution in [0, 0.1) is 5.92 Å². The summed E-state index contributed by atoms with van der Waals surface area (Å²) in [5.74, 6) is 0.948. The third-order valence-corrected chi connectivity index (χ3v) is 2.86. The third kappa shape index (κ3) is 2.07. The van der Waals surface area contributed by atoms with E-state index in [-0.39, 0.29) is 0 Å². The standard InChI is InChI=1S/C10H17NO/c12-10(9-4-5-9)8-11-6-2-1-3-7-11/h9H,1-8H2. The van der Waals surface area contributed by atoms with Gasteiger partial charge in [-0.25, -0.2) is 0 Å². The van der Waals surface area contributed by atoms with E-state index >= 15 is 0 Å². The van der Waals surface area contributed by atoms with Gasteiger partial charge in [0.2, 0.25) is 0 Å². The number of carbonyl (C=O) groups excluding carboxylic acids is 1. The van der Waals surface area contributed by atoms with Crippen LogP contribution < -0.4 is 0 Å². The van der Waals surface area contributed by atoms with Crippen LogP contribution in [0.3, 0.4) is 0 Å². The SMILES string of the molecule is O=C(CN1CCCCC1)C1CC1. The zero-order chi connectivity index (χ0) is 8.39. The van der Waals surface area contributed by atoms with E-state index in [1.165, 1.54) is 19.3 Å². The summed E-state index contributed by atoms with van der Waals surface area (Å²) in [6, 6.07) is 0. The van der Waals surface area contributed by atoms with Crippen molar-refractivity contribution < 1.29 is 4.79 Å². The van der Waals surface area contributed by atoms with E-state index in [0.717, 1.165) is 32.5 Å². The average molecular weight is 167 g/mol. The van der Waals surface area contributed by atoms with Crippen molar-refractivity contribution in [1.29, 1.82) is 0 Å². The summed E-state index contributed by atoms with van der Waals surface area (Å²) < 4.78 is 0. The number of hydrogen-bond acceptors (Lipinski definition) is 2. The quantitative estimate of drug-likeness (QED) is 0.634. The Hall–Kier alpha value is -0.370. The van der Waals surface area contributed by atoms with Gasteiger partial charge in [-0.15, -0.1) is 0 Å². The highest BCUT2D eigenvalue weighted by atomic mass is 16.1. The lowest BCUT2D eigenvalue weighted by Gasteiger charge is -2.25. The molecule has 2 nitrogen and oxygen atoms in total. The molecule has 0 bridgehead atoms. The number of rotatable bonds is 3. The molecule has 2 rings (SSSR count). The van der Waals surface area contributed by atoms with Gasteiger partial charge >= 0.3 is 0 Å². The maximum Gasteiger partial charge on any atom is 0.149 e. The predicted molar refractivity (Wildman–Crippen MR) is 48.0 cm³/mol. The molecule has 0 radical (unpaired) electrons. The van der Waals surface area contributed by atoms with Crippen LogP contribution in [0.1, 0.15) is 32.1 Å². The second-order valence-corrected chi connectivity index (χ2v) is 4.08. The summed E-state index contributed by atoms with van der Waals surface area (Å²) >= 11 is 0. The van der Waals surface area contributed by atoms with E-state index in [1.807, 2.05) is 0 Å². The predicted octanol–water partition coefficient (Wildman–Crippen LogP) is 1.45. The van der Waals surface area contributed by atoms with Crippen LogP contribution in [0.2, 0.25) is 0 Å². The van der Waals surface area contributed by atoms with Crippen molar-refractivity contribution in [3.05, 3.63) is 0 Å². The van der Waals surface area contributed by atoms with Crippen molar-refractivity contribution in [2.45, 2.75) is 32.1 Å². The number of nitrogens with zero attached hydrogens (tertiary/aromatic N) is 1. The largest absolute Gasteiger partial charge is 0.298 e. The molecule has 0 aromatic rings. The number of hydrogen-bond donors (Lipinski definition) is 0. The number of carbonyl (C=O) groups is 1. The molecule has 0 N–H and O–H groups in total. The molecule has 0 spiro atoms. The second-order valence-electron chi connectivity index (χ2n) is 4.08. The van der Waals surface area contributed by atoms with Gasteiger partial charge in [-0.3, -0.25) is 9.69 Å². The minimum atomic E-state index is 0.451. The minimum Gasteiger partial charge on any atom is -0.298 e. The average Bonchev–Trinajstić information content (AvgIpc) is 2.88. The molecule has 0 aromatic heterocycles. The van der Waals surface area contributed by atoms with Crippen LogP contribution in [0.5, 0.6) is 0 Å². The molecular formula is C10H17NO. The zero-order valence-corrected chi connectivity index (χ0v) is 7.59. The smallest absolute Gasteiger partial charge is 0.149 e. The lowest BCUT2D eigenvalue weighted by molar-refractivity contribution is -0.121. The van der Waals surface area contributed by atoms with Crippen LogP contribution in [0.15, 0.2) is 0 Å². The van der Waals surface area contributed by atoms with Crippen molar-refractivity contribution >= 4 is 5.78 Å². The first-order valence-corrected chi connectivity index (χ1v) is 5.11. The summed E-state index contributed by atoms with van der Waals surface area (Å²) in [7, 11) is 0. The van der Waals surface area contributed by atoms with Gasteiger partial charge in [-0.2, -0.15) is 0 Å². The minimum absolute atomic E-state index is 0.451. The lowest BCUT2D eigenvalue weighted by atomic mass is 10.1. The van der Waals surface area contributed by atoms with E-state index in [2.05, 4.69) is 4.90 Å². The Balaban J connectivity index is 1.73. The van der Waals surface area contributed by atoms with Crippen molar-refractivity contribution in [3.63, 3.8) is 0 Å². The van der Waals surface area contributed by atoms with Gasteiger partial charge in [0.15, 0.2) is 0 Å². The molecule has 2 heteroatoms. The summed E-state index contributed by atoms with van der Waals surface area (Å²) in [6.07, 6.45) is 6.25. The fourth-order valence-electron chi connectivity index (χ4n) is 1.87. The number of piperidine rings is 1. The molecule has 1 aliphatic carbocycles. The normalized spacial score (nSPS) is 25.7. The van der Waals surface area contributed by atoms with Crippen LogP contribution >= 0.6 is 0 Å². The van der Waals surface area contributed by atoms with Crippen molar-refractivity contribution in [2.24, 2.45) is 5.92 Å². The maximum atomic E-state index is 11.4. The molecule has 0 atom stereocenters. The Morgan fingerprint density at radius 2 is 1.83 bits per heavy atom. The summed E-state index contributed by atoms with van der Waals surface area (Å²) in [4.78, 5) is 13.8. The van der Waals surface area contributed by atoms with Gasteiger partial charge in [0.05, 0.1) is 6.54 Å². The molecule has 1 saturated heterocycles. The summed E-state index contributed by atoms with van der Waals surface area (Å²) in [5, 5.41) is 0. The molecule has 2 aliphatic rings. The van der Waals surface area contributed by atoms with E-state index in [1.54, 1.807) is 0 Å². The van der Waals surface area contributed by atoms with Gasteiger partial charge in [0, 0.05) is 5.92 Å². The Morgan fingerprint density at radius 3 is 2.42 bits per heavy atom. The fourth-order valence-corrected chi connectivity index (χ4v) is 1.87. The third-order valence-electron chi connectivity index (χ3n) is 2.86. The highest BCUT2D eigenvalue weighted by Gasteiger charge is 2.30. The highest BCUT2D eigenvalue weighted by molar-refractivity contribution is 5.84. The van der Waals surface area contributed by atoms with Crippen LogP contribution in [-0.4, -0.2) is 30.3 Å². The molecule has 0 unspecified atom stereocenters. The molecule has 1 heterocycles. The van der Waals surface area contributed by atoms with E-state index in [0.29, 0.717) is 11.7 Å². The Bertz CT molecular complexity index is 169. The molecule has 0 aromatic carbocycles. The van der Waals surface area contributed by atoms with Gasteiger partial charge in [-0.05, 0) is 38.8 Å². The van der Waals surface area contributed by atoms with E-state index in [9.17, 15) is 4.79 Å². The molecule has 2 fully saturated rings. The van der Waals surface area contributed by atoms with Crippen LogP contribution in [0.25, 0.3) is 0 Å². The second kappa shape index (κ2) is 3.56. The van der Waals surface area contributed by atoms with Crippen molar-refractivity contribution in [2.75, 3.05) is 19.6 Å². The Labute approximate surface area is 73.9 Å². The summed E-state index contributed by atoms with van der Waals surface area (Å²) in [6.45, 7) is 3.04. The first-order valence-electron chi connectivity index (χ1n) is 5.11. The molecule has 1 aliphatic heterocycles. The van der Waals surface area contributed by atoms with Gasteiger partial charge < -0.3 is 0 Å². The molecular weight excluding hydrogens is 150 g/mol. The summed E-state index contributed by atoms with van der Waals surface area (Å²) in [5.41, 5.74) is 0. The van der Waals surface area contributed by atoms with Gasteiger partial charge in [-0.1, -0.05) is 6.42 Å². The monoisotopic (exact) mass is 167 g/mol. The van der Waals surface area contributed by atoms with Crippen LogP contribution in [-0.2, 0) is 4.79 Å². The molecule has 0 amide bonds. The Morgan fingerprint density at radius 1 is 1.17 bits per heavy atom. The lowest BCUT2D eigenvalue weighted by Crippen LogP contribution is -2.34. The van der Waals surface area contributed by atoms with Crippen LogP contribution in [0.4, 0.5) is 0 Å². The van der Waals surface area contributed by atoms with Crippen molar-refractivity contribution in [1.82, 2.24) is 4.90 Å². The number of ketones is 1. The maximum absolute atomic E-state index is 11.4. The van der Waals surface area contributed by atoms with E-state index in [4.69, 9.17) is 0 Å². The van der Waals surface area contributed by atoms with Gasteiger partial charge in [0.25, 0.3) is 0 Å². The molecule has 1 saturated carbocycles. The van der Waals surface area contributed by atoms with Gasteiger partial charge in [0.1, 0.15) is 5.78 Å². The highest BCUT2D eigenvalue weighted by Crippen LogP contribution is 2.30. The first kappa shape index (κ1) is 8.24. The molecule has 68 valence electrons.